The van der Waals surface area contributed by atoms with Gasteiger partial charge in [0, 0.05) is 44.3 Å². The van der Waals surface area contributed by atoms with Gasteiger partial charge in [0.25, 0.3) is 0 Å². The number of hydrogen-bond acceptors (Lipinski definition) is 6. The Bertz CT molecular complexity index is 394. The fourth-order valence-corrected chi connectivity index (χ4v) is 2.14. The van der Waals surface area contributed by atoms with Crippen molar-refractivity contribution < 1.29 is 0 Å². The van der Waals surface area contributed by atoms with Crippen molar-refractivity contribution in [3.8, 4) is 0 Å². The van der Waals surface area contributed by atoms with Crippen molar-refractivity contribution in [2.24, 2.45) is 0 Å². The highest BCUT2D eigenvalue weighted by Crippen LogP contribution is 2.10. The normalized spacial score (nSPS) is 20.5. The molecule has 106 valence electrons. The number of piperazine rings is 1. The first-order chi connectivity index (χ1) is 9.15. The van der Waals surface area contributed by atoms with Gasteiger partial charge in [-0.05, 0) is 20.9 Å². The molecule has 2 rings (SSSR count). The lowest BCUT2D eigenvalue weighted by atomic mass is 10.2. The molecule has 1 aliphatic heterocycles. The van der Waals surface area contributed by atoms with Gasteiger partial charge >= 0.3 is 0 Å². The van der Waals surface area contributed by atoms with E-state index in [0.29, 0.717) is 12.1 Å². The van der Waals surface area contributed by atoms with E-state index in [0.717, 1.165) is 37.8 Å². The molecule has 0 saturated carbocycles. The molecule has 0 spiro atoms. The number of aromatic nitrogens is 2. The van der Waals surface area contributed by atoms with Gasteiger partial charge in [-0.15, -0.1) is 0 Å². The number of nitrogens with zero attached hydrogens (tertiary/aromatic N) is 3. The molecule has 1 aromatic heterocycles. The smallest absolute Gasteiger partial charge is 0.131 e. The summed E-state index contributed by atoms with van der Waals surface area (Å²) < 4.78 is 0. The lowest BCUT2D eigenvalue weighted by Gasteiger charge is -2.33. The van der Waals surface area contributed by atoms with Crippen molar-refractivity contribution in [2.75, 3.05) is 43.9 Å². The van der Waals surface area contributed by atoms with Crippen LogP contribution in [0.15, 0.2) is 12.4 Å². The lowest BCUT2D eigenvalue weighted by Crippen LogP contribution is -2.52. The molecule has 19 heavy (non-hydrogen) atoms. The second-order valence-corrected chi connectivity index (χ2v) is 5.31. The van der Waals surface area contributed by atoms with Crippen LogP contribution in [0, 0.1) is 0 Å². The molecule has 6 nitrogen and oxygen atoms in total. The molecular formula is C13H24N6. The SMILES string of the molecule is CC(C)Nc1cc(NCC2CNCCN2C)ncn1. The molecule has 1 unspecified atom stereocenters. The van der Waals surface area contributed by atoms with Crippen molar-refractivity contribution in [3.05, 3.63) is 12.4 Å². The van der Waals surface area contributed by atoms with E-state index in [1.165, 1.54) is 0 Å². The van der Waals surface area contributed by atoms with Crippen LogP contribution in [0.1, 0.15) is 13.8 Å². The first kappa shape index (κ1) is 14.0. The van der Waals surface area contributed by atoms with Crippen LogP contribution in [-0.2, 0) is 0 Å². The van der Waals surface area contributed by atoms with Gasteiger partial charge in [0.15, 0.2) is 0 Å². The molecular weight excluding hydrogens is 240 g/mol. The van der Waals surface area contributed by atoms with Crippen molar-refractivity contribution in [1.29, 1.82) is 0 Å². The van der Waals surface area contributed by atoms with Crippen LogP contribution >= 0.6 is 0 Å². The third kappa shape index (κ3) is 4.33. The molecule has 1 fully saturated rings. The number of hydrogen-bond donors (Lipinski definition) is 3. The van der Waals surface area contributed by atoms with Crippen LogP contribution in [-0.4, -0.2) is 60.2 Å². The summed E-state index contributed by atoms with van der Waals surface area (Å²) >= 11 is 0. The van der Waals surface area contributed by atoms with Crippen LogP contribution in [0.3, 0.4) is 0 Å². The second kappa shape index (κ2) is 6.68. The third-order valence-corrected chi connectivity index (χ3v) is 3.27. The van der Waals surface area contributed by atoms with E-state index in [-0.39, 0.29) is 0 Å². The highest BCUT2D eigenvalue weighted by atomic mass is 15.2. The predicted octanol–water partition coefficient (Wildman–Crippen LogP) is 0.612. The van der Waals surface area contributed by atoms with E-state index in [1.807, 2.05) is 6.07 Å². The Morgan fingerprint density at radius 3 is 2.95 bits per heavy atom. The van der Waals surface area contributed by atoms with E-state index in [9.17, 15) is 0 Å². The minimum absolute atomic E-state index is 0.372. The van der Waals surface area contributed by atoms with E-state index in [2.05, 4.69) is 51.7 Å². The molecule has 0 bridgehead atoms. The summed E-state index contributed by atoms with van der Waals surface area (Å²) in [6.07, 6.45) is 1.59. The molecule has 1 atom stereocenters. The Kier molecular flexibility index (Phi) is 4.93. The van der Waals surface area contributed by atoms with Gasteiger partial charge in [0.1, 0.15) is 18.0 Å². The van der Waals surface area contributed by atoms with Gasteiger partial charge < -0.3 is 16.0 Å². The van der Waals surface area contributed by atoms with Gasteiger partial charge in [-0.1, -0.05) is 0 Å². The molecule has 1 saturated heterocycles. The minimum Gasteiger partial charge on any atom is -0.368 e. The average molecular weight is 264 g/mol. The van der Waals surface area contributed by atoms with Crippen molar-refractivity contribution >= 4 is 11.6 Å². The standard InChI is InChI=1S/C13H24N6/c1-10(2)18-13-6-12(16-9-17-13)15-8-11-7-14-4-5-19(11)3/h6,9-11,14H,4-5,7-8H2,1-3H3,(H2,15,16,17,18). The fraction of sp³-hybridized carbons (Fsp3) is 0.692. The van der Waals surface area contributed by atoms with Gasteiger partial charge in [-0.25, -0.2) is 9.97 Å². The van der Waals surface area contributed by atoms with Crippen LogP contribution in [0.5, 0.6) is 0 Å². The summed E-state index contributed by atoms with van der Waals surface area (Å²) in [6, 6.07) is 2.83. The molecule has 1 aliphatic rings. The van der Waals surface area contributed by atoms with E-state index in [1.54, 1.807) is 6.33 Å². The van der Waals surface area contributed by atoms with E-state index in [4.69, 9.17) is 0 Å². The predicted molar refractivity (Wildman–Crippen MR) is 78.6 cm³/mol. The molecule has 1 aromatic rings. The van der Waals surface area contributed by atoms with Gasteiger partial charge in [0.05, 0.1) is 0 Å². The van der Waals surface area contributed by atoms with Gasteiger partial charge in [-0.2, -0.15) is 0 Å². The summed E-state index contributed by atoms with van der Waals surface area (Å²) in [5.74, 6) is 1.74. The molecule has 3 N–H and O–H groups in total. The summed E-state index contributed by atoms with van der Waals surface area (Å²) in [4.78, 5) is 10.8. The number of anilines is 2. The van der Waals surface area contributed by atoms with Crippen molar-refractivity contribution in [1.82, 2.24) is 20.2 Å². The van der Waals surface area contributed by atoms with Crippen molar-refractivity contribution in [3.63, 3.8) is 0 Å². The molecule has 2 heterocycles. The fourth-order valence-electron chi connectivity index (χ4n) is 2.14. The third-order valence-electron chi connectivity index (χ3n) is 3.27. The molecule has 0 aromatic carbocycles. The summed E-state index contributed by atoms with van der Waals surface area (Å²) in [6.45, 7) is 8.27. The minimum atomic E-state index is 0.372. The average Bonchev–Trinajstić information content (AvgIpc) is 2.37. The maximum Gasteiger partial charge on any atom is 0.131 e. The first-order valence-corrected chi connectivity index (χ1v) is 6.88. The second-order valence-electron chi connectivity index (χ2n) is 5.31. The van der Waals surface area contributed by atoms with Crippen LogP contribution in [0.4, 0.5) is 11.6 Å². The Morgan fingerprint density at radius 2 is 2.21 bits per heavy atom. The number of nitrogens with one attached hydrogen (secondary N) is 3. The molecule has 6 heteroatoms. The maximum absolute atomic E-state index is 4.25. The summed E-state index contributed by atoms with van der Waals surface area (Å²) in [7, 11) is 2.17. The molecule has 0 amide bonds. The topological polar surface area (TPSA) is 65.1 Å². The molecule has 0 radical (unpaired) electrons. The molecule has 0 aliphatic carbocycles. The monoisotopic (exact) mass is 264 g/mol. The van der Waals surface area contributed by atoms with Crippen LogP contribution in [0.25, 0.3) is 0 Å². The Morgan fingerprint density at radius 1 is 1.42 bits per heavy atom. The Hall–Kier alpha value is -1.40. The zero-order valence-corrected chi connectivity index (χ0v) is 12.0. The summed E-state index contributed by atoms with van der Waals surface area (Å²) in [5, 5.41) is 10.1. The Labute approximate surface area is 115 Å². The van der Waals surface area contributed by atoms with Gasteiger partial charge in [-0.3, -0.25) is 4.90 Å². The zero-order chi connectivity index (χ0) is 13.7. The van der Waals surface area contributed by atoms with E-state index >= 15 is 0 Å². The first-order valence-electron chi connectivity index (χ1n) is 6.88. The van der Waals surface area contributed by atoms with E-state index < -0.39 is 0 Å². The van der Waals surface area contributed by atoms with Gasteiger partial charge in [0.2, 0.25) is 0 Å². The Balaban J connectivity index is 1.88. The van der Waals surface area contributed by atoms with Crippen molar-refractivity contribution in [2.45, 2.75) is 25.9 Å². The zero-order valence-electron chi connectivity index (χ0n) is 12.0. The number of likely N-dealkylation sites (N-methyl/N-ethyl adjacent to an activating group) is 1. The highest BCUT2D eigenvalue weighted by Gasteiger charge is 2.18. The largest absolute Gasteiger partial charge is 0.368 e. The van der Waals surface area contributed by atoms with Crippen LogP contribution < -0.4 is 16.0 Å². The quantitative estimate of drug-likeness (QED) is 0.724. The highest BCUT2D eigenvalue weighted by molar-refractivity contribution is 5.46. The maximum atomic E-state index is 4.25. The summed E-state index contributed by atoms with van der Waals surface area (Å²) in [5.41, 5.74) is 0. The lowest BCUT2D eigenvalue weighted by molar-refractivity contribution is 0.209. The van der Waals surface area contributed by atoms with Crippen LogP contribution in [0.2, 0.25) is 0 Å². The number of rotatable bonds is 5.